The number of nitriles is 1. The molecule has 0 aliphatic carbocycles. The van der Waals surface area contributed by atoms with Crippen LogP contribution in [0, 0.1) is 20.7 Å². The highest BCUT2D eigenvalue weighted by Gasteiger charge is 2.04. The SMILES string of the molecule is N#Cc1nccc(I)c1F. The molecule has 0 atom stereocenters. The van der Waals surface area contributed by atoms with Crippen molar-refractivity contribution in [3.63, 3.8) is 0 Å². The average molecular weight is 248 g/mol. The molecule has 0 radical (unpaired) electrons. The molecule has 1 rings (SSSR count). The average Bonchev–Trinajstić information content (AvgIpc) is 1.95. The molecule has 0 unspecified atom stereocenters. The van der Waals surface area contributed by atoms with Crippen LogP contribution in [0.25, 0.3) is 0 Å². The summed E-state index contributed by atoms with van der Waals surface area (Å²) in [6, 6.07) is 3.16. The monoisotopic (exact) mass is 248 g/mol. The molecule has 0 fully saturated rings. The summed E-state index contributed by atoms with van der Waals surface area (Å²) < 4.78 is 13.1. The van der Waals surface area contributed by atoms with Gasteiger partial charge in [-0.2, -0.15) is 5.26 Å². The Morgan fingerprint density at radius 1 is 1.70 bits per heavy atom. The minimum Gasteiger partial charge on any atom is -0.243 e. The number of rotatable bonds is 0. The highest BCUT2D eigenvalue weighted by atomic mass is 127. The second-order valence-electron chi connectivity index (χ2n) is 1.57. The van der Waals surface area contributed by atoms with Gasteiger partial charge in [-0.1, -0.05) is 0 Å². The summed E-state index contributed by atoms with van der Waals surface area (Å²) in [6.07, 6.45) is 1.41. The second kappa shape index (κ2) is 2.92. The number of pyridine rings is 1. The van der Waals surface area contributed by atoms with Gasteiger partial charge in [0.15, 0.2) is 11.5 Å². The topological polar surface area (TPSA) is 36.7 Å². The summed E-state index contributed by atoms with van der Waals surface area (Å²) in [4.78, 5) is 3.52. The molecule has 0 spiro atoms. The van der Waals surface area contributed by atoms with Crippen molar-refractivity contribution in [2.24, 2.45) is 0 Å². The van der Waals surface area contributed by atoms with Crippen molar-refractivity contribution in [3.05, 3.63) is 27.3 Å². The van der Waals surface area contributed by atoms with Crippen LogP contribution in [0.15, 0.2) is 12.3 Å². The quantitative estimate of drug-likeness (QED) is 0.655. The molecule has 0 saturated heterocycles. The molecular formula is C6H2FIN2. The minimum absolute atomic E-state index is 0.146. The highest BCUT2D eigenvalue weighted by Crippen LogP contribution is 2.10. The molecule has 0 aliphatic rings. The largest absolute Gasteiger partial charge is 0.243 e. The van der Waals surface area contributed by atoms with Crippen molar-refractivity contribution in [2.45, 2.75) is 0 Å². The van der Waals surface area contributed by atoms with Gasteiger partial charge in [0.05, 0.1) is 3.57 Å². The van der Waals surface area contributed by atoms with Crippen LogP contribution in [0.2, 0.25) is 0 Å². The highest BCUT2D eigenvalue weighted by molar-refractivity contribution is 14.1. The van der Waals surface area contributed by atoms with Crippen LogP contribution < -0.4 is 0 Å². The summed E-state index contributed by atoms with van der Waals surface area (Å²) in [5.74, 6) is -0.536. The van der Waals surface area contributed by atoms with Gasteiger partial charge in [0.25, 0.3) is 0 Å². The number of nitrogens with zero attached hydrogens (tertiary/aromatic N) is 2. The maximum Gasteiger partial charge on any atom is 0.177 e. The Kier molecular flexibility index (Phi) is 2.17. The van der Waals surface area contributed by atoms with E-state index in [1.807, 2.05) is 22.6 Å². The number of aromatic nitrogens is 1. The molecule has 0 saturated carbocycles. The van der Waals surface area contributed by atoms with E-state index in [-0.39, 0.29) is 5.69 Å². The van der Waals surface area contributed by atoms with E-state index < -0.39 is 5.82 Å². The maximum absolute atomic E-state index is 12.7. The standard InChI is InChI=1S/C6H2FIN2/c7-6-4(8)1-2-10-5(6)3-9/h1-2H. The van der Waals surface area contributed by atoms with Gasteiger partial charge in [-0.15, -0.1) is 0 Å². The molecule has 0 amide bonds. The minimum atomic E-state index is -0.536. The zero-order valence-corrected chi connectivity index (χ0v) is 6.96. The van der Waals surface area contributed by atoms with E-state index in [0.29, 0.717) is 3.57 Å². The van der Waals surface area contributed by atoms with Crippen molar-refractivity contribution in [1.82, 2.24) is 4.98 Å². The molecule has 1 aromatic rings. The van der Waals surface area contributed by atoms with Gasteiger partial charge in [0.1, 0.15) is 6.07 Å². The van der Waals surface area contributed by atoms with Crippen LogP contribution in [0.1, 0.15) is 5.69 Å². The molecule has 1 aromatic heterocycles. The predicted molar refractivity (Wildman–Crippen MR) is 41.6 cm³/mol. The van der Waals surface area contributed by atoms with E-state index in [1.54, 1.807) is 6.07 Å². The van der Waals surface area contributed by atoms with Crippen LogP contribution in [0.4, 0.5) is 4.39 Å². The fourth-order valence-corrected chi connectivity index (χ4v) is 0.914. The summed E-state index contributed by atoms with van der Waals surface area (Å²) in [5.41, 5.74) is -0.146. The Bertz CT molecular complexity index is 292. The summed E-state index contributed by atoms with van der Waals surface area (Å²) in [6.45, 7) is 0. The molecule has 50 valence electrons. The van der Waals surface area contributed by atoms with Gasteiger partial charge in [0, 0.05) is 6.20 Å². The number of hydrogen-bond donors (Lipinski definition) is 0. The van der Waals surface area contributed by atoms with Gasteiger partial charge >= 0.3 is 0 Å². The van der Waals surface area contributed by atoms with Crippen molar-refractivity contribution >= 4 is 22.6 Å². The molecule has 0 aliphatic heterocycles. The Morgan fingerprint density at radius 2 is 2.40 bits per heavy atom. The molecule has 2 nitrogen and oxygen atoms in total. The van der Waals surface area contributed by atoms with Crippen molar-refractivity contribution in [1.29, 1.82) is 5.26 Å². The third-order valence-electron chi connectivity index (χ3n) is 0.948. The molecule has 0 aromatic carbocycles. The van der Waals surface area contributed by atoms with Crippen molar-refractivity contribution < 1.29 is 4.39 Å². The molecule has 1 heterocycles. The van der Waals surface area contributed by atoms with E-state index in [1.165, 1.54) is 12.3 Å². The Labute approximate surface area is 70.8 Å². The van der Waals surface area contributed by atoms with Gasteiger partial charge in [-0.3, -0.25) is 0 Å². The lowest BCUT2D eigenvalue weighted by Gasteiger charge is -1.92. The first-order chi connectivity index (χ1) is 4.75. The summed E-state index contributed by atoms with van der Waals surface area (Å²) >= 11 is 1.81. The van der Waals surface area contributed by atoms with Crippen LogP contribution >= 0.6 is 22.6 Å². The van der Waals surface area contributed by atoms with E-state index in [0.717, 1.165) is 0 Å². The Hall–Kier alpha value is -0.700. The maximum atomic E-state index is 12.7. The predicted octanol–water partition coefficient (Wildman–Crippen LogP) is 1.70. The van der Waals surface area contributed by atoms with Crippen LogP contribution in [0.3, 0.4) is 0 Å². The van der Waals surface area contributed by atoms with E-state index >= 15 is 0 Å². The fraction of sp³-hybridized carbons (Fsp3) is 0. The van der Waals surface area contributed by atoms with E-state index in [2.05, 4.69) is 4.98 Å². The molecule has 10 heavy (non-hydrogen) atoms. The lowest BCUT2D eigenvalue weighted by Crippen LogP contribution is -1.90. The third-order valence-corrected chi connectivity index (χ3v) is 1.78. The first-order valence-corrected chi connectivity index (χ1v) is 3.53. The fourth-order valence-electron chi connectivity index (χ4n) is 0.498. The molecule has 4 heteroatoms. The number of halogens is 2. The molecule has 0 N–H and O–H groups in total. The van der Waals surface area contributed by atoms with Crippen LogP contribution in [-0.4, -0.2) is 4.98 Å². The van der Waals surface area contributed by atoms with Crippen LogP contribution in [-0.2, 0) is 0 Å². The number of hydrogen-bond acceptors (Lipinski definition) is 2. The normalized spacial score (nSPS) is 8.90. The van der Waals surface area contributed by atoms with Gasteiger partial charge < -0.3 is 0 Å². The summed E-state index contributed by atoms with van der Waals surface area (Å²) in [7, 11) is 0. The van der Waals surface area contributed by atoms with Crippen LogP contribution in [0.5, 0.6) is 0 Å². The van der Waals surface area contributed by atoms with E-state index in [4.69, 9.17) is 5.26 Å². The lowest BCUT2D eigenvalue weighted by molar-refractivity contribution is 0.609. The zero-order valence-electron chi connectivity index (χ0n) is 4.81. The first-order valence-electron chi connectivity index (χ1n) is 2.46. The second-order valence-corrected chi connectivity index (χ2v) is 2.73. The van der Waals surface area contributed by atoms with Gasteiger partial charge in [-0.05, 0) is 28.7 Å². The first kappa shape index (κ1) is 7.41. The third kappa shape index (κ3) is 1.24. The lowest BCUT2D eigenvalue weighted by atomic mass is 10.4. The smallest absolute Gasteiger partial charge is 0.177 e. The Morgan fingerprint density at radius 3 is 2.90 bits per heavy atom. The molecular weight excluding hydrogens is 246 g/mol. The zero-order chi connectivity index (χ0) is 7.56. The van der Waals surface area contributed by atoms with Crippen molar-refractivity contribution in [2.75, 3.05) is 0 Å². The van der Waals surface area contributed by atoms with Gasteiger partial charge in [0.2, 0.25) is 0 Å². The molecule has 0 bridgehead atoms. The van der Waals surface area contributed by atoms with Crippen molar-refractivity contribution in [3.8, 4) is 6.07 Å². The van der Waals surface area contributed by atoms with Gasteiger partial charge in [-0.25, -0.2) is 9.37 Å². The van der Waals surface area contributed by atoms with E-state index in [9.17, 15) is 4.39 Å². The summed E-state index contributed by atoms with van der Waals surface area (Å²) in [5, 5.41) is 8.29. The Balaban J connectivity index is 3.31.